The molecule has 0 spiro atoms. The van der Waals surface area contributed by atoms with Crippen molar-refractivity contribution in [1.29, 1.82) is 0 Å². The zero-order valence-electron chi connectivity index (χ0n) is 13.8. The summed E-state index contributed by atoms with van der Waals surface area (Å²) in [6.45, 7) is 10.6. The molecule has 0 saturated carbocycles. The Labute approximate surface area is 129 Å². The molecular weight excluding hydrogens is 282 g/mol. The molecule has 2 aromatic heterocycles. The molecule has 2 aromatic rings. The maximum atomic E-state index is 12.6. The van der Waals surface area contributed by atoms with Gasteiger partial charge in [0, 0.05) is 19.5 Å². The van der Waals surface area contributed by atoms with Crippen molar-refractivity contribution in [2.24, 2.45) is 0 Å². The summed E-state index contributed by atoms with van der Waals surface area (Å²) in [4.78, 5) is 28.7. The highest BCUT2D eigenvalue weighted by molar-refractivity contribution is 5.76. The molecule has 7 heteroatoms. The van der Waals surface area contributed by atoms with Gasteiger partial charge in [-0.1, -0.05) is 0 Å². The molecule has 2 heterocycles. The van der Waals surface area contributed by atoms with Crippen molar-refractivity contribution in [3.63, 3.8) is 0 Å². The number of rotatable bonds is 4. The molecule has 0 atom stereocenters. The molecule has 0 saturated heterocycles. The minimum Gasteiger partial charge on any atom is -0.356 e. The number of amides is 1. The van der Waals surface area contributed by atoms with E-state index < -0.39 is 0 Å². The molecule has 2 rings (SSSR count). The van der Waals surface area contributed by atoms with Gasteiger partial charge in [-0.05, 0) is 34.6 Å². The summed E-state index contributed by atoms with van der Waals surface area (Å²) in [7, 11) is 0. The lowest BCUT2D eigenvalue weighted by Gasteiger charge is -2.20. The topological polar surface area (TPSA) is 81.8 Å². The summed E-state index contributed by atoms with van der Waals surface area (Å²) in [6.07, 6.45) is 1.81. The van der Waals surface area contributed by atoms with Gasteiger partial charge in [0.2, 0.25) is 5.91 Å². The van der Waals surface area contributed by atoms with E-state index in [-0.39, 0.29) is 23.4 Å². The first kappa shape index (κ1) is 16.2. The first-order valence-electron chi connectivity index (χ1n) is 7.48. The largest absolute Gasteiger partial charge is 0.356 e. The Bertz CT molecular complexity index is 752. The quantitative estimate of drug-likeness (QED) is 0.919. The summed E-state index contributed by atoms with van der Waals surface area (Å²) in [5.74, 6) is 0.520. The van der Waals surface area contributed by atoms with E-state index >= 15 is 0 Å². The molecule has 120 valence electrons. The second-order valence-electron chi connectivity index (χ2n) is 6.28. The number of fused-ring (bicyclic) bond motifs is 1. The second kappa shape index (κ2) is 5.90. The second-order valence-corrected chi connectivity index (χ2v) is 6.28. The zero-order valence-corrected chi connectivity index (χ0v) is 13.8. The van der Waals surface area contributed by atoms with Crippen LogP contribution in [0, 0.1) is 6.92 Å². The number of nitrogens with one attached hydrogen (secondary N) is 1. The summed E-state index contributed by atoms with van der Waals surface area (Å²) >= 11 is 0. The number of aromatic nitrogens is 4. The van der Waals surface area contributed by atoms with Crippen molar-refractivity contribution in [1.82, 2.24) is 24.6 Å². The van der Waals surface area contributed by atoms with Gasteiger partial charge in [-0.15, -0.1) is 0 Å². The van der Waals surface area contributed by atoms with Crippen molar-refractivity contribution in [3.8, 4) is 0 Å². The Morgan fingerprint density at radius 2 is 2.05 bits per heavy atom. The Morgan fingerprint density at radius 1 is 1.36 bits per heavy atom. The smallest absolute Gasteiger partial charge is 0.264 e. The van der Waals surface area contributed by atoms with E-state index in [1.165, 1.54) is 4.57 Å². The third-order valence-electron chi connectivity index (χ3n) is 3.45. The normalized spacial score (nSPS) is 11.9. The fraction of sp³-hybridized carbons (Fsp3) is 0.600. The molecule has 0 aliphatic rings. The first-order valence-corrected chi connectivity index (χ1v) is 7.48. The molecule has 1 amide bonds. The third-order valence-corrected chi connectivity index (χ3v) is 3.45. The molecule has 0 aliphatic heterocycles. The fourth-order valence-electron chi connectivity index (χ4n) is 2.36. The predicted octanol–water partition coefficient (Wildman–Crippen LogP) is 1.18. The molecule has 22 heavy (non-hydrogen) atoms. The maximum Gasteiger partial charge on any atom is 0.264 e. The van der Waals surface area contributed by atoms with Gasteiger partial charge in [0.25, 0.3) is 5.56 Å². The minimum atomic E-state index is -0.249. The number of hydrogen-bond donors (Lipinski definition) is 1. The highest BCUT2D eigenvalue weighted by atomic mass is 16.1. The van der Waals surface area contributed by atoms with Crippen LogP contribution in [0.5, 0.6) is 0 Å². The van der Waals surface area contributed by atoms with E-state index in [9.17, 15) is 9.59 Å². The van der Waals surface area contributed by atoms with E-state index in [0.717, 1.165) is 0 Å². The van der Waals surface area contributed by atoms with E-state index in [0.29, 0.717) is 29.9 Å². The van der Waals surface area contributed by atoms with Crippen molar-refractivity contribution < 1.29 is 4.79 Å². The molecule has 0 aromatic carbocycles. The number of hydrogen-bond acceptors (Lipinski definition) is 4. The summed E-state index contributed by atoms with van der Waals surface area (Å²) in [5, 5.41) is 7.50. The third kappa shape index (κ3) is 3.03. The Balaban J connectivity index is 2.42. The average molecular weight is 305 g/mol. The first-order chi connectivity index (χ1) is 10.3. The maximum absolute atomic E-state index is 12.6. The lowest BCUT2D eigenvalue weighted by molar-refractivity contribution is -0.121. The Morgan fingerprint density at radius 3 is 2.64 bits per heavy atom. The van der Waals surface area contributed by atoms with Gasteiger partial charge >= 0.3 is 0 Å². The van der Waals surface area contributed by atoms with Gasteiger partial charge in [-0.25, -0.2) is 9.67 Å². The fourth-order valence-corrected chi connectivity index (χ4v) is 2.36. The van der Waals surface area contributed by atoms with Crippen LogP contribution in [0.15, 0.2) is 11.0 Å². The Hall–Kier alpha value is -2.18. The van der Waals surface area contributed by atoms with Crippen molar-refractivity contribution in [3.05, 3.63) is 22.4 Å². The molecule has 1 N–H and O–H groups in total. The molecular formula is C15H23N5O2. The lowest BCUT2D eigenvalue weighted by Crippen LogP contribution is -2.29. The van der Waals surface area contributed by atoms with Gasteiger partial charge in [0.05, 0.1) is 11.7 Å². The number of nitrogens with zero attached hydrogens (tertiary/aromatic N) is 4. The van der Waals surface area contributed by atoms with Crippen molar-refractivity contribution >= 4 is 16.9 Å². The van der Waals surface area contributed by atoms with Gasteiger partial charge in [0.1, 0.15) is 11.2 Å². The number of aryl methyl sites for hydroxylation is 1. The Kier molecular flexibility index (Phi) is 4.35. The summed E-state index contributed by atoms with van der Waals surface area (Å²) in [6, 6.07) is 0. The number of carbonyl (C=O) groups excluding carboxylic acids is 1. The van der Waals surface area contributed by atoms with Crippen LogP contribution in [0.1, 0.15) is 39.9 Å². The van der Waals surface area contributed by atoms with Crippen molar-refractivity contribution in [2.45, 2.75) is 53.1 Å². The summed E-state index contributed by atoms with van der Waals surface area (Å²) < 4.78 is 3.29. The molecule has 0 aliphatic carbocycles. The van der Waals surface area contributed by atoms with Crippen molar-refractivity contribution in [2.75, 3.05) is 6.54 Å². The summed E-state index contributed by atoms with van der Waals surface area (Å²) in [5.41, 5.74) is 0.187. The van der Waals surface area contributed by atoms with E-state index in [4.69, 9.17) is 0 Å². The molecule has 0 fully saturated rings. The number of carbonyl (C=O) groups is 1. The lowest BCUT2D eigenvalue weighted by atomic mass is 10.1. The van der Waals surface area contributed by atoms with Gasteiger partial charge < -0.3 is 5.32 Å². The van der Waals surface area contributed by atoms with Gasteiger partial charge in [0.15, 0.2) is 5.65 Å². The average Bonchev–Trinajstić information content (AvgIpc) is 2.82. The standard InChI is InChI=1S/C15H23N5O2/c1-6-16-12(21)7-8-19-10(2)18-13-11(14(19)22)9-17-20(13)15(3,4)5/h9H,6-8H2,1-5H3,(H,16,21). The van der Waals surface area contributed by atoms with Crippen LogP contribution in [-0.4, -0.2) is 31.8 Å². The molecule has 0 radical (unpaired) electrons. The van der Waals surface area contributed by atoms with Crippen LogP contribution in [0.3, 0.4) is 0 Å². The SMILES string of the molecule is CCNC(=O)CCn1c(C)nc2c(cnn2C(C)(C)C)c1=O. The highest BCUT2D eigenvalue weighted by Gasteiger charge is 2.20. The van der Waals surface area contributed by atoms with Crippen LogP contribution < -0.4 is 10.9 Å². The van der Waals surface area contributed by atoms with Gasteiger partial charge in [-0.2, -0.15) is 5.10 Å². The minimum absolute atomic E-state index is 0.0701. The van der Waals surface area contributed by atoms with Crippen LogP contribution in [0.25, 0.3) is 11.0 Å². The highest BCUT2D eigenvalue weighted by Crippen LogP contribution is 2.18. The van der Waals surface area contributed by atoms with E-state index in [1.807, 2.05) is 27.7 Å². The van der Waals surface area contributed by atoms with E-state index in [1.54, 1.807) is 17.8 Å². The monoisotopic (exact) mass is 305 g/mol. The van der Waals surface area contributed by atoms with Crippen LogP contribution in [-0.2, 0) is 16.9 Å². The zero-order chi connectivity index (χ0) is 16.5. The van der Waals surface area contributed by atoms with E-state index in [2.05, 4.69) is 15.4 Å². The van der Waals surface area contributed by atoms with Crippen LogP contribution in [0.2, 0.25) is 0 Å². The predicted molar refractivity (Wildman–Crippen MR) is 84.8 cm³/mol. The molecule has 7 nitrogen and oxygen atoms in total. The van der Waals surface area contributed by atoms with Crippen LogP contribution >= 0.6 is 0 Å². The van der Waals surface area contributed by atoms with Crippen LogP contribution in [0.4, 0.5) is 0 Å². The molecule has 0 unspecified atom stereocenters. The molecule has 0 bridgehead atoms. The van der Waals surface area contributed by atoms with Gasteiger partial charge in [-0.3, -0.25) is 14.2 Å².